The zero-order valence-electron chi connectivity index (χ0n) is 15.8. The molecule has 1 aliphatic carbocycles. The molecule has 1 fully saturated rings. The van der Waals surface area contributed by atoms with Crippen molar-refractivity contribution in [3.8, 4) is 0 Å². The monoisotopic (exact) mass is 389 g/mol. The molecule has 2 aromatic heterocycles. The number of hydrogen-bond acceptors (Lipinski definition) is 6. The third-order valence-corrected chi connectivity index (χ3v) is 5.69. The standard InChI is InChI=1S/C21H19N5O3/c1-26-17-15(8-5-9-22-17)14-11-21(12-14,20(26)28)23-18(27)19-25-24-16(29-19)10-13-6-3-2-4-7-13/h2-9,14H,10-12H2,1H3,(H,23,27). The molecule has 1 saturated carbocycles. The number of nitrogens with one attached hydrogen (secondary N) is 1. The van der Waals surface area contributed by atoms with Crippen LogP contribution in [0.25, 0.3) is 0 Å². The fourth-order valence-corrected chi connectivity index (χ4v) is 4.22. The number of fused-ring (bicyclic) bond motifs is 1. The Morgan fingerprint density at radius 3 is 2.79 bits per heavy atom. The third kappa shape index (κ3) is 2.88. The number of nitrogens with zero attached hydrogens (tertiary/aromatic N) is 4. The van der Waals surface area contributed by atoms with Gasteiger partial charge in [-0.3, -0.25) is 14.5 Å². The molecule has 8 heteroatoms. The zero-order chi connectivity index (χ0) is 20.0. The smallest absolute Gasteiger partial charge is 0.309 e. The number of benzene rings is 1. The van der Waals surface area contributed by atoms with E-state index in [1.807, 2.05) is 42.5 Å². The molecular formula is C21H19N5O3. The van der Waals surface area contributed by atoms with Crippen LogP contribution in [-0.4, -0.2) is 39.6 Å². The largest absolute Gasteiger partial charge is 0.417 e. The number of aromatic nitrogens is 3. The summed E-state index contributed by atoms with van der Waals surface area (Å²) in [5, 5.41) is 10.7. The number of amides is 2. The molecule has 0 spiro atoms. The number of carbonyl (C=O) groups excluding carboxylic acids is 2. The molecule has 0 atom stereocenters. The van der Waals surface area contributed by atoms with E-state index in [0.717, 1.165) is 11.1 Å². The second-order valence-electron chi connectivity index (χ2n) is 7.59. The number of hydrogen-bond donors (Lipinski definition) is 1. The summed E-state index contributed by atoms with van der Waals surface area (Å²) in [5.41, 5.74) is 1.08. The van der Waals surface area contributed by atoms with Crippen molar-refractivity contribution in [2.45, 2.75) is 30.7 Å². The first-order chi connectivity index (χ1) is 14.1. The molecule has 146 valence electrons. The summed E-state index contributed by atoms with van der Waals surface area (Å²) < 4.78 is 5.54. The quantitative estimate of drug-likeness (QED) is 0.733. The summed E-state index contributed by atoms with van der Waals surface area (Å²) in [4.78, 5) is 31.7. The lowest BCUT2D eigenvalue weighted by Crippen LogP contribution is -2.63. The van der Waals surface area contributed by atoms with Gasteiger partial charge in [0, 0.05) is 13.2 Å². The molecule has 3 aromatic rings. The Balaban J connectivity index is 1.34. The Kier molecular flexibility index (Phi) is 3.94. The molecule has 0 saturated heterocycles. The molecule has 3 aliphatic rings. The lowest BCUT2D eigenvalue weighted by Gasteiger charge is -2.44. The van der Waals surface area contributed by atoms with E-state index in [4.69, 9.17) is 4.42 Å². The molecule has 2 aliphatic heterocycles. The lowest BCUT2D eigenvalue weighted by atomic mass is 9.66. The average Bonchev–Trinajstić information content (AvgIpc) is 3.13. The fraction of sp³-hybridized carbons (Fsp3) is 0.286. The Morgan fingerprint density at radius 1 is 1.21 bits per heavy atom. The molecule has 29 heavy (non-hydrogen) atoms. The van der Waals surface area contributed by atoms with E-state index in [9.17, 15) is 9.59 Å². The summed E-state index contributed by atoms with van der Waals surface area (Å²) in [6.07, 6.45) is 3.18. The van der Waals surface area contributed by atoms with Gasteiger partial charge in [0.15, 0.2) is 0 Å². The highest BCUT2D eigenvalue weighted by atomic mass is 16.4. The van der Waals surface area contributed by atoms with Crippen LogP contribution in [0.3, 0.4) is 0 Å². The average molecular weight is 389 g/mol. The fourth-order valence-electron chi connectivity index (χ4n) is 4.22. The highest BCUT2D eigenvalue weighted by Gasteiger charge is 2.56. The number of anilines is 1. The van der Waals surface area contributed by atoms with Gasteiger partial charge in [0.05, 0.1) is 6.42 Å². The number of pyridine rings is 1. The van der Waals surface area contributed by atoms with E-state index in [0.29, 0.717) is 31.0 Å². The van der Waals surface area contributed by atoms with Crippen LogP contribution in [0.15, 0.2) is 53.1 Å². The zero-order valence-corrected chi connectivity index (χ0v) is 15.8. The van der Waals surface area contributed by atoms with Gasteiger partial charge >= 0.3 is 11.8 Å². The van der Waals surface area contributed by atoms with Gasteiger partial charge in [0.2, 0.25) is 5.89 Å². The van der Waals surface area contributed by atoms with E-state index in [2.05, 4.69) is 20.5 Å². The second kappa shape index (κ2) is 6.51. The van der Waals surface area contributed by atoms with Gasteiger partial charge in [-0.1, -0.05) is 36.4 Å². The first-order valence-electron chi connectivity index (χ1n) is 9.48. The topological polar surface area (TPSA) is 101 Å². The Bertz CT molecular complexity index is 1090. The summed E-state index contributed by atoms with van der Waals surface area (Å²) in [5.74, 6) is 0.345. The van der Waals surface area contributed by atoms with Crippen LogP contribution in [0, 0.1) is 0 Å². The highest BCUT2D eigenvalue weighted by molar-refractivity contribution is 6.05. The predicted octanol–water partition coefficient (Wildman–Crippen LogP) is 2.08. The molecule has 0 unspecified atom stereocenters. The van der Waals surface area contributed by atoms with Crippen molar-refractivity contribution < 1.29 is 14.0 Å². The highest BCUT2D eigenvalue weighted by Crippen LogP contribution is 2.51. The Hall–Kier alpha value is -3.55. The van der Waals surface area contributed by atoms with Crippen molar-refractivity contribution in [2.75, 3.05) is 11.9 Å². The van der Waals surface area contributed by atoms with E-state index in [1.54, 1.807) is 13.2 Å². The van der Waals surface area contributed by atoms with E-state index in [1.165, 1.54) is 4.90 Å². The summed E-state index contributed by atoms with van der Waals surface area (Å²) >= 11 is 0. The minimum atomic E-state index is -0.967. The summed E-state index contributed by atoms with van der Waals surface area (Å²) in [6.45, 7) is 0. The minimum absolute atomic E-state index is 0.135. The van der Waals surface area contributed by atoms with Crippen molar-refractivity contribution in [3.63, 3.8) is 0 Å². The second-order valence-corrected chi connectivity index (χ2v) is 7.59. The van der Waals surface area contributed by atoms with Crippen molar-refractivity contribution in [2.24, 2.45) is 0 Å². The van der Waals surface area contributed by atoms with Crippen LogP contribution in [-0.2, 0) is 11.2 Å². The number of carbonyl (C=O) groups is 2. The van der Waals surface area contributed by atoms with Gasteiger partial charge in [0.25, 0.3) is 5.91 Å². The summed E-state index contributed by atoms with van der Waals surface area (Å²) in [6, 6.07) is 13.5. The summed E-state index contributed by atoms with van der Waals surface area (Å²) in [7, 11) is 1.69. The van der Waals surface area contributed by atoms with Gasteiger partial charge in [-0.2, -0.15) is 0 Å². The molecular weight excluding hydrogens is 370 g/mol. The predicted molar refractivity (Wildman–Crippen MR) is 103 cm³/mol. The SMILES string of the molecule is CN1C(=O)C2(NC(=O)c3nnc(Cc4ccccc4)o3)CC(C2)c2cccnc21. The minimum Gasteiger partial charge on any atom is -0.417 e. The molecule has 6 rings (SSSR count). The molecule has 1 aromatic carbocycles. The first-order valence-corrected chi connectivity index (χ1v) is 9.48. The van der Waals surface area contributed by atoms with E-state index < -0.39 is 11.4 Å². The molecule has 2 bridgehead atoms. The third-order valence-electron chi connectivity index (χ3n) is 5.69. The van der Waals surface area contributed by atoms with Crippen molar-refractivity contribution >= 4 is 17.6 Å². The van der Waals surface area contributed by atoms with Crippen LogP contribution in [0.5, 0.6) is 0 Å². The van der Waals surface area contributed by atoms with E-state index in [-0.39, 0.29) is 17.7 Å². The van der Waals surface area contributed by atoms with Crippen LogP contribution >= 0.6 is 0 Å². The number of likely N-dealkylation sites (N-methyl/N-ethyl adjacent to an activating group) is 1. The first kappa shape index (κ1) is 17.5. The van der Waals surface area contributed by atoms with Crippen molar-refractivity contribution in [1.82, 2.24) is 20.5 Å². The van der Waals surface area contributed by atoms with Crippen LogP contribution < -0.4 is 10.2 Å². The van der Waals surface area contributed by atoms with Crippen molar-refractivity contribution in [1.29, 1.82) is 0 Å². The van der Waals surface area contributed by atoms with Crippen LogP contribution in [0.2, 0.25) is 0 Å². The van der Waals surface area contributed by atoms with Gasteiger partial charge in [-0.25, -0.2) is 4.98 Å². The normalized spacial score (nSPS) is 22.4. The molecule has 4 heterocycles. The lowest BCUT2D eigenvalue weighted by molar-refractivity contribution is -0.127. The Morgan fingerprint density at radius 2 is 2.00 bits per heavy atom. The molecule has 1 N–H and O–H groups in total. The molecule has 8 nitrogen and oxygen atoms in total. The number of rotatable bonds is 4. The van der Waals surface area contributed by atoms with Crippen molar-refractivity contribution in [3.05, 3.63) is 71.6 Å². The maximum atomic E-state index is 13.1. The van der Waals surface area contributed by atoms with E-state index >= 15 is 0 Å². The van der Waals surface area contributed by atoms with Gasteiger partial charge < -0.3 is 9.73 Å². The van der Waals surface area contributed by atoms with Gasteiger partial charge in [-0.05, 0) is 36.0 Å². The van der Waals surface area contributed by atoms with Crippen LogP contribution in [0.1, 0.15) is 46.5 Å². The maximum Gasteiger partial charge on any atom is 0.309 e. The van der Waals surface area contributed by atoms with Gasteiger partial charge in [0.1, 0.15) is 11.4 Å². The van der Waals surface area contributed by atoms with Gasteiger partial charge in [-0.15, -0.1) is 10.2 Å². The maximum absolute atomic E-state index is 13.1. The molecule has 0 radical (unpaired) electrons. The van der Waals surface area contributed by atoms with Crippen LogP contribution in [0.4, 0.5) is 5.82 Å². The molecule has 2 amide bonds. The Labute approximate surface area is 167 Å².